The maximum absolute atomic E-state index is 4.84. The van der Waals surface area contributed by atoms with E-state index in [0.717, 1.165) is 55.3 Å². The van der Waals surface area contributed by atoms with Gasteiger partial charge in [0.25, 0.3) is 0 Å². The summed E-state index contributed by atoms with van der Waals surface area (Å²) in [5, 5.41) is 14.8. The second kappa shape index (κ2) is 8.55. The molecule has 1 aliphatic heterocycles. The summed E-state index contributed by atoms with van der Waals surface area (Å²) < 4.78 is 2.21. The van der Waals surface area contributed by atoms with Crippen LogP contribution in [0.5, 0.6) is 0 Å². The molecule has 8 nitrogen and oxygen atoms in total. The standard InChI is InChI=1S/C24H28N8/c1-17(2)14-18-8-9-19(24-26-28-29-27-24)22(15-18)32-12-10-31(11-13-32)16-23-25-20-6-4-5-7-21(20)30(23)3/h4-9,14-15H,10-13,16H2,1-3H3,(H,26,27,28,29). The molecule has 0 radical (unpaired) electrons. The fourth-order valence-electron chi connectivity index (χ4n) is 4.38. The highest BCUT2D eigenvalue weighted by molar-refractivity contribution is 5.77. The molecule has 164 valence electrons. The van der Waals surface area contributed by atoms with Gasteiger partial charge in [0.1, 0.15) is 5.82 Å². The number of hydrogen-bond acceptors (Lipinski definition) is 6. The minimum absolute atomic E-state index is 0.630. The van der Waals surface area contributed by atoms with Gasteiger partial charge in [-0.2, -0.15) is 5.21 Å². The number of imidazole rings is 1. The van der Waals surface area contributed by atoms with Crippen LogP contribution >= 0.6 is 0 Å². The highest BCUT2D eigenvalue weighted by Gasteiger charge is 2.22. The highest BCUT2D eigenvalue weighted by Crippen LogP contribution is 2.31. The number of aromatic amines is 1. The Morgan fingerprint density at radius 1 is 1.06 bits per heavy atom. The van der Waals surface area contributed by atoms with Gasteiger partial charge in [0.2, 0.25) is 5.82 Å². The van der Waals surface area contributed by atoms with Crippen molar-refractivity contribution in [2.45, 2.75) is 20.4 Å². The second-order valence-corrected chi connectivity index (χ2v) is 8.57. The van der Waals surface area contributed by atoms with Crippen molar-refractivity contribution in [2.24, 2.45) is 7.05 Å². The molecule has 8 heteroatoms. The Bertz CT molecular complexity index is 1240. The van der Waals surface area contributed by atoms with Crippen LogP contribution < -0.4 is 4.90 Å². The van der Waals surface area contributed by atoms with Crippen molar-refractivity contribution in [1.82, 2.24) is 35.1 Å². The first kappa shape index (κ1) is 20.4. The van der Waals surface area contributed by atoms with Gasteiger partial charge < -0.3 is 9.47 Å². The van der Waals surface area contributed by atoms with Gasteiger partial charge in [-0.15, -0.1) is 10.2 Å². The van der Waals surface area contributed by atoms with Crippen LogP contribution in [0.25, 0.3) is 28.5 Å². The van der Waals surface area contributed by atoms with Crippen molar-refractivity contribution in [3.8, 4) is 11.4 Å². The van der Waals surface area contributed by atoms with Crippen LogP contribution in [0.15, 0.2) is 48.0 Å². The van der Waals surface area contributed by atoms with Crippen LogP contribution in [0.2, 0.25) is 0 Å². The van der Waals surface area contributed by atoms with Crippen molar-refractivity contribution < 1.29 is 0 Å². The monoisotopic (exact) mass is 428 g/mol. The molecular formula is C24H28N8. The van der Waals surface area contributed by atoms with Gasteiger partial charge in [0.15, 0.2) is 0 Å². The molecule has 3 heterocycles. The largest absolute Gasteiger partial charge is 0.368 e. The molecular weight excluding hydrogens is 400 g/mol. The summed E-state index contributed by atoms with van der Waals surface area (Å²) in [5.41, 5.74) is 6.87. The Balaban J connectivity index is 1.35. The molecule has 1 N–H and O–H groups in total. The third-order valence-corrected chi connectivity index (χ3v) is 6.02. The molecule has 0 bridgehead atoms. The number of H-pyrrole nitrogens is 1. The zero-order chi connectivity index (χ0) is 22.1. The van der Waals surface area contributed by atoms with E-state index in [1.165, 1.54) is 16.7 Å². The topological polar surface area (TPSA) is 78.8 Å². The molecule has 4 aromatic rings. The van der Waals surface area contributed by atoms with Crippen LogP contribution in [0.1, 0.15) is 25.2 Å². The third-order valence-electron chi connectivity index (χ3n) is 6.02. The molecule has 0 unspecified atom stereocenters. The number of nitrogens with zero attached hydrogens (tertiary/aromatic N) is 7. The highest BCUT2D eigenvalue weighted by atomic mass is 15.5. The third kappa shape index (κ3) is 4.01. The summed E-state index contributed by atoms with van der Waals surface area (Å²) in [6, 6.07) is 14.8. The van der Waals surface area contributed by atoms with E-state index in [4.69, 9.17) is 4.98 Å². The van der Waals surface area contributed by atoms with E-state index in [1.54, 1.807) is 0 Å². The van der Waals surface area contributed by atoms with E-state index in [0.29, 0.717) is 5.82 Å². The molecule has 2 aromatic carbocycles. The van der Waals surface area contributed by atoms with Gasteiger partial charge in [-0.1, -0.05) is 29.8 Å². The van der Waals surface area contributed by atoms with Gasteiger partial charge >= 0.3 is 0 Å². The first-order valence-electron chi connectivity index (χ1n) is 11.0. The summed E-state index contributed by atoms with van der Waals surface area (Å²) >= 11 is 0. The van der Waals surface area contributed by atoms with E-state index in [9.17, 15) is 0 Å². The number of aromatic nitrogens is 6. The molecule has 0 atom stereocenters. The second-order valence-electron chi connectivity index (χ2n) is 8.57. The summed E-state index contributed by atoms with van der Waals surface area (Å²) in [6.45, 7) is 8.91. The van der Waals surface area contributed by atoms with E-state index < -0.39 is 0 Å². The van der Waals surface area contributed by atoms with Gasteiger partial charge in [0, 0.05) is 44.5 Å². The molecule has 5 rings (SSSR count). The first-order valence-corrected chi connectivity index (χ1v) is 11.0. The number of tetrazole rings is 1. The van der Waals surface area contributed by atoms with Crippen molar-refractivity contribution in [2.75, 3.05) is 31.1 Å². The lowest BCUT2D eigenvalue weighted by Crippen LogP contribution is -2.46. The molecule has 1 saturated heterocycles. The van der Waals surface area contributed by atoms with Crippen LogP contribution in [0.3, 0.4) is 0 Å². The molecule has 0 aliphatic carbocycles. The summed E-state index contributed by atoms with van der Waals surface area (Å²) in [7, 11) is 2.10. The maximum Gasteiger partial charge on any atom is 0.206 e. The number of nitrogens with one attached hydrogen (secondary N) is 1. The number of piperazine rings is 1. The average Bonchev–Trinajstić information content (AvgIpc) is 3.43. The lowest BCUT2D eigenvalue weighted by atomic mass is 10.0. The van der Waals surface area contributed by atoms with Crippen LogP contribution in [-0.4, -0.2) is 61.3 Å². The Morgan fingerprint density at radius 3 is 2.59 bits per heavy atom. The quantitative estimate of drug-likeness (QED) is 0.524. The minimum atomic E-state index is 0.630. The maximum atomic E-state index is 4.84. The Labute approximate surface area is 187 Å². The average molecular weight is 429 g/mol. The van der Waals surface area contributed by atoms with Gasteiger partial charge in [-0.3, -0.25) is 4.90 Å². The van der Waals surface area contributed by atoms with E-state index in [2.05, 4.69) is 98.4 Å². The van der Waals surface area contributed by atoms with Crippen molar-refractivity contribution >= 4 is 22.8 Å². The van der Waals surface area contributed by atoms with Crippen molar-refractivity contribution in [3.05, 3.63) is 59.4 Å². The van der Waals surface area contributed by atoms with E-state index in [1.807, 2.05) is 6.07 Å². The minimum Gasteiger partial charge on any atom is -0.368 e. The smallest absolute Gasteiger partial charge is 0.206 e. The fraction of sp³-hybridized carbons (Fsp3) is 0.333. The van der Waals surface area contributed by atoms with Crippen LogP contribution in [0.4, 0.5) is 5.69 Å². The number of fused-ring (bicyclic) bond motifs is 1. The van der Waals surface area contributed by atoms with Gasteiger partial charge in [0.05, 0.1) is 17.6 Å². The summed E-state index contributed by atoms with van der Waals surface area (Å²) in [5.74, 6) is 1.74. The summed E-state index contributed by atoms with van der Waals surface area (Å²) in [4.78, 5) is 9.75. The van der Waals surface area contributed by atoms with Gasteiger partial charge in [-0.25, -0.2) is 4.98 Å². The number of benzene rings is 2. The zero-order valence-electron chi connectivity index (χ0n) is 18.8. The normalized spacial score (nSPS) is 14.8. The van der Waals surface area contributed by atoms with E-state index in [-0.39, 0.29) is 0 Å². The number of allylic oxidation sites excluding steroid dienone is 1. The van der Waals surface area contributed by atoms with Crippen molar-refractivity contribution in [1.29, 1.82) is 0 Å². The molecule has 1 fully saturated rings. The lowest BCUT2D eigenvalue weighted by Gasteiger charge is -2.36. The number of hydrogen-bond donors (Lipinski definition) is 1. The molecule has 0 saturated carbocycles. The SMILES string of the molecule is CC(C)=Cc1ccc(-c2nn[nH]n2)c(N2CCN(Cc3nc4ccccc4n3C)CC2)c1. The van der Waals surface area contributed by atoms with Crippen LogP contribution in [-0.2, 0) is 13.6 Å². The van der Waals surface area contributed by atoms with Crippen molar-refractivity contribution in [3.63, 3.8) is 0 Å². The molecule has 1 aliphatic rings. The first-order chi connectivity index (χ1) is 15.6. The molecule has 0 amide bonds. The molecule has 0 spiro atoms. The van der Waals surface area contributed by atoms with Crippen LogP contribution in [0, 0.1) is 0 Å². The number of rotatable bonds is 5. The predicted octanol–water partition coefficient (Wildman–Crippen LogP) is 3.50. The predicted molar refractivity (Wildman–Crippen MR) is 127 cm³/mol. The molecule has 2 aromatic heterocycles. The Morgan fingerprint density at radius 2 is 1.88 bits per heavy atom. The summed E-state index contributed by atoms with van der Waals surface area (Å²) in [6.07, 6.45) is 2.20. The lowest BCUT2D eigenvalue weighted by molar-refractivity contribution is 0.242. The van der Waals surface area contributed by atoms with E-state index >= 15 is 0 Å². The number of aryl methyl sites for hydroxylation is 1. The van der Waals surface area contributed by atoms with Gasteiger partial charge in [-0.05, 0) is 48.9 Å². The number of anilines is 1. The zero-order valence-corrected chi connectivity index (χ0v) is 18.8. The number of para-hydroxylation sites is 2. The Hall–Kier alpha value is -3.52. The fourth-order valence-corrected chi connectivity index (χ4v) is 4.38. The Kier molecular flexibility index (Phi) is 5.45. The molecule has 32 heavy (non-hydrogen) atoms.